The highest BCUT2D eigenvalue weighted by Gasteiger charge is 2.25. The molecular formula is C16H10Cl5NO2. The molecule has 0 heterocycles. The molecule has 24 heavy (non-hydrogen) atoms. The van der Waals surface area contributed by atoms with E-state index < -0.39 is 15.6 Å². The van der Waals surface area contributed by atoms with Gasteiger partial charge in [-0.2, -0.15) is 0 Å². The highest BCUT2D eigenvalue weighted by Crippen LogP contribution is 2.38. The topological polar surface area (TPSA) is 37.4 Å². The Hall–Kier alpha value is -0.970. The smallest absolute Gasteiger partial charge is 0.265 e. The van der Waals surface area contributed by atoms with E-state index in [0.717, 1.165) is 4.90 Å². The van der Waals surface area contributed by atoms with Crippen LogP contribution in [0, 0.1) is 0 Å². The van der Waals surface area contributed by atoms with Crippen LogP contribution >= 0.6 is 58.0 Å². The van der Waals surface area contributed by atoms with Crippen molar-refractivity contribution in [3.8, 4) is 0 Å². The third-order valence-electron chi connectivity index (χ3n) is 3.08. The summed E-state index contributed by atoms with van der Waals surface area (Å²) in [6.07, 6.45) is 0. The summed E-state index contributed by atoms with van der Waals surface area (Å²) in [4.78, 5) is 25.6. The molecule has 2 aromatic rings. The summed E-state index contributed by atoms with van der Waals surface area (Å²) in [6, 6.07) is 10.4. The highest BCUT2D eigenvalue weighted by molar-refractivity contribution is 6.66. The molecule has 0 aliphatic rings. The standard InChI is InChI=1S/C16H10Cl5NO2/c1-9(23)22(14-4-2-11(3-5-14)16(19,20)21)15(24)10-6-12(17)8-13(18)7-10/h2-8H,1H3. The first kappa shape index (κ1) is 19.4. The molecule has 0 atom stereocenters. The van der Waals surface area contributed by atoms with Crippen LogP contribution in [0.2, 0.25) is 10.0 Å². The number of halogens is 5. The third-order valence-corrected chi connectivity index (χ3v) is 4.17. The number of anilines is 1. The summed E-state index contributed by atoms with van der Waals surface area (Å²) in [7, 11) is 0. The quantitative estimate of drug-likeness (QED) is 0.552. The van der Waals surface area contributed by atoms with Crippen molar-refractivity contribution in [3.63, 3.8) is 0 Å². The first-order chi connectivity index (χ1) is 11.1. The van der Waals surface area contributed by atoms with E-state index >= 15 is 0 Å². The van der Waals surface area contributed by atoms with Crippen LogP contribution in [0.3, 0.4) is 0 Å². The van der Waals surface area contributed by atoms with Gasteiger partial charge in [-0.05, 0) is 30.3 Å². The van der Waals surface area contributed by atoms with E-state index in [4.69, 9.17) is 58.0 Å². The lowest BCUT2D eigenvalue weighted by molar-refractivity contribution is -0.115. The molecule has 0 aliphatic heterocycles. The second-order valence-corrected chi connectivity index (χ2v) is 8.02. The van der Waals surface area contributed by atoms with Crippen molar-refractivity contribution >= 4 is 75.5 Å². The van der Waals surface area contributed by atoms with Gasteiger partial charge in [0, 0.05) is 28.1 Å². The first-order valence-corrected chi connectivity index (χ1v) is 8.47. The van der Waals surface area contributed by atoms with Gasteiger partial charge < -0.3 is 0 Å². The molecule has 0 aromatic heterocycles. The minimum atomic E-state index is -1.59. The Morgan fingerprint density at radius 2 is 1.42 bits per heavy atom. The lowest BCUT2D eigenvalue weighted by atomic mass is 10.1. The number of carbonyl (C=O) groups excluding carboxylic acids is 2. The summed E-state index contributed by atoms with van der Waals surface area (Å²) in [5.41, 5.74) is 0.938. The monoisotopic (exact) mass is 423 g/mol. The lowest BCUT2D eigenvalue weighted by Gasteiger charge is -2.20. The van der Waals surface area contributed by atoms with E-state index in [1.165, 1.54) is 49.4 Å². The Kier molecular flexibility index (Phi) is 6.05. The number of alkyl halides is 3. The van der Waals surface area contributed by atoms with Gasteiger partial charge in [0.1, 0.15) is 0 Å². The van der Waals surface area contributed by atoms with E-state index in [1.54, 1.807) is 0 Å². The van der Waals surface area contributed by atoms with E-state index in [0.29, 0.717) is 21.3 Å². The molecule has 2 rings (SSSR count). The van der Waals surface area contributed by atoms with Gasteiger partial charge in [0.05, 0.1) is 5.69 Å². The Bertz CT molecular complexity index is 764. The van der Waals surface area contributed by atoms with Crippen molar-refractivity contribution in [2.75, 3.05) is 4.90 Å². The predicted molar refractivity (Wildman–Crippen MR) is 99.6 cm³/mol. The van der Waals surface area contributed by atoms with Crippen LogP contribution in [-0.2, 0) is 8.59 Å². The number of nitrogens with zero attached hydrogens (tertiary/aromatic N) is 1. The number of hydrogen-bond donors (Lipinski definition) is 0. The molecule has 0 fully saturated rings. The summed E-state index contributed by atoms with van der Waals surface area (Å²) in [5.74, 6) is -1.04. The molecule has 0 aliphatic carbocycles. The van der Waals surface area contributed by atoms with Crippen molar-refractivity contribution in [3.05, 3.63) is 63.6 Å². The normalized spacial score (nSPS) is 11.2. The van der Waals surface area contributed by atoms with Crippen LogP contribution in [0.4, 0.5) is 5.69 Å². The number of imide groups is 1. The fourth-order valence-electron chi connectivity index (χ4n) is 2.05. The first-order valence-electron chi connectivity index (χ1n) is 6.58. The Morgan fingerprint density at radius 3 is 1.83 bits per heavy atom. The Morgan fingerprint density at radius 1 is 0.917 bits per heavy atom. The van der Waals surface area contributed by atoms with Crippen molar-refractivity contribution in [2.45, 2.75) is 10.7 Å². The van der Waals surface area contributed by atoms with Crippen molar-refractivity contribution in [2.24, 2.45) is 0 Å². The second kappa shape index (κ2) is 7.51. The summed E-state index contributed by atoms with van der Waals surface area (Å²) < 4.78 is -1.59. The SMILES string of the molecule is CC(=O)N(C(=O)c1cc(Cl)cc(Cl)c1)c1ccc(C(Cl)(Cl)Cl)cc1. The van der Waals surface area contributed by atoms with E-state index in [1.807, 2.05) is 0 Å². The Balaban J connectivity index is 2.42. The van der Waals surface area contributed by atoms with Gasteiger partial charge in [-0.15, -0.1) is 0 Å². The van der Waals surface area contributed by atoms with Crippen molar-refractivity contribution < 1.29 is 9.59 Å². The van der Waals surface area contributed by atoms with Crippen LogP contribution in [0.25, 0.3) is 0 Å². The number of hydrogen-bond acceptors (Lipinski definition) is 2. The molecule has 0 radical (unpaired) electrons. The number of carbonyl (C=O) groups is 2. The Labute approximate surface area is 164 Å². The maximum atomic E-state index is 12.7. The molecule has 8 heteroatoms. The van der Waals surface area contributed by atoms with Crippen LogP contribution in [0.1, 0.15) is 22.8 Å². The molecule has 0 bridgehead atoms. The maximum Gasteiger partial charge on any atom is 0.265 e. The molecule has 2 amide bonds. The van der Waals surface area contributed by atoms with Crippen molar-refractivity contribution in [1.82, 2.24) is 0 Å². The molecule has 0 unspecified atom stereocenters. The summed E-state index contributed by atoms with van der Waals surface area (Å²) >= 11 is 29.2. The molecular weight excluding hydrogens is 415 g/mol. The van der Waals surface area contributed by atoms with Crippen LogP contribution < -0.4 is 4.90 Å². The summed E-state index contributed by atoms with van der Waals surface area (Å²) in [6.45, 7) is 1.27. The van der Waals surface area contributed by atoms with Gasteiger partial charge in [-0.1, -0.05) is 70.1 Å². The third kappa shape index (κ3) is 4.56. The number of rotatable bonds is 2. The molecule has 126 valence electrons. The fourth-order valence-corrected chi connectivity index (χ4v) is 2.95. The minimum Gasteiger partial charge on any atom is -0.274 e. The zero-order chi connectivity index (χ0) is 18.1. The minimum absolute atomic E-state index is 0.188. The predicted octanol–water partition coefficient (Wildman–Crippen LogP) is 6.01. The zero-order valence-electron chi connectivity index (χ0n) is 12.2. The maximum absolute atomic E-state index is 12.7. The van der Waals surface area contributed by atoms with E-state index in [2.05, 4.69) is 0 Å². The highest BCUT2D eigenvalue weighted by atomic mass is 35.6. The molecule has 0 spiro atoms. The molecule has 2 aromatic carbocycles. The van der Waals surface area contributed by atoms with Crippen LogP contribution in [-0.4, -0.2) is 11.8 Å². The van der Waals surface area contributed by atoms with Gasteiger partial charge in [-0.3, -0.25) is 9.59 Å². The van der Waals surface area contributed by atoms with Gasteiger partial charge in [-0.25, -0.2) is 4.90 Å². The van der Waals surface area contributed by atoms with E-state index in [9.17, 15) is 9.59 Å². The van der Waals surface area contributed by atoms with Crippen molar-refractivity contribution in [1.29, 1.82) is 0 Å². The van der Waals surface area contributed by atoms with Crippen LogP contribution in [0.15, 0.2) is 42.5 Å². The molecule has 3 nitrogen and oxygen atoms in total. The molecule has 0 saturated carbocycles. The number of benzene rings is 2. The average Bonchev–Trinajstić information content (AvgIpc) is 2.45. The van der Waals surface area contributed by atoms with Gasteiger partial charge in [0.2, 0.25) is 9.70 Å². The van der Waals surface area contributed by atoms with Crippen LogP contribution in [0.5, 0.6) is 0 Å². The average molecular weight is 426 g/mol. The van der Waals surface area contributed by atoms with E-state index in [-0.39, 0.29) is 5.56 Å². The summed E-state index contributed by atoms with van der Waals surface area (Å²) in [5, 5.41) is 0.585. The fraction of sp³-hybridized carbons (Fsp3) is 0.125. The van der Waals surface area contributed by atoms with Gasteiger partial charge in [0.15, 0.2) is 0 Å². The zero-order valence-corrected chi connectivity index (χ0v) is 16.0. The molecule has 0 saturated heterocycles. The lowest BCUT2D eigenvalue weighted by Crippen LogP contribution is -2.35. The molecule has 0 N–H and O–H groups in total. The van der Waals surface area contributed by atoms with Gasteiger partial charge in [0.25, 0.3) is 5.91 Å². The number of amides is 2. The second-order valence-electron chi connectivity index (χ2n) is 4.86. The van der Waals surface area contributed by atoms with Gasteiger partial charge >= 0.3 is 0 Å². The largest absolute Gasteiger partial charge is 0.274 e.